The zero-order valence-electron chi connectivity index (χ0n) is 20.7. The summed E-state index contributed by atoms with van der Waals surface area (Å²) in [6, 6.07) is 23.7. The maximum Gasteiger partial charge on any atom is 0.335 e. The number of carbonyl (C=O) groups is 3. The predicted octanol–water partition coefficient (Wildman–Crippen LogP) is 6.16. The van der Waals surface area contributed by atoms with E-state index in [2.05, 4.69) is 21.2 Å². The van der Waals surface area contributed by atoms with E-state index in [0.717, 1.165) is 26.8 Å². The number of nitrogens with zero attached hydrogens (tertiary/aromatic N) is 1. The van der Waals surface area contributed by atoms with Gasteiger partial charge in [-0.15, -0.1) is 0 Å². The lowest BCUT2D eigenvalue weighted by molar-refractivity contribution is -0.122. The summed E-state index contributed by atoms with van der Waals surface area (Å²) in [7, 11) is 1.51. The third-order valence-corrected chi connectivity index (χ3v) is 6.86. The summed E-state index contributed by atoms with van der Waals surface area (Å²) in [4.78, 5) is 39.4. The molecule has 1 fully saturated rings. The van der Waals surface area contributed by atoms with Gasteiger partial charge in [0.15, 0.2) is 11.5 Å². The van der Waals surface area contributed by atoms with Gasteiger partial charge in [0, 0.05) is 0 Å². The number of aryl methyl sites for hydroxylation is 1. The van der Waals surface area contributed by atoms with Crippen LogP contribution in [0.3, 0.4) is 0 Å². The van der Waals surface area contributed by atoms with Crippen molar-refractivity contribution in [2.75, 3.05) is 12.0 Å². The van der Waals surface area contributed by atoms with Crippen molar-refractivity contribution in [3.05, 3.63) is 106 Å². The van der Waals surface area contributed by atoms with Gasteiger partial charge in [0.2, 0.25) is 0 Å². The fourth-order valence-electron chi connectivity index (χ4n) is 4.39. The smallest absolute Gasteiger partial charge is 0.335 e. The molecular formula is C30H23BrN2O5. The summed E-state index contributed by atoms with van der Waals surface area (Å²) in [5.74, 6) is -0.573. The Hall–Kier alpha value is -4.43. The van der Waals surface area contributed by atoms with Crippen molar-refractivity contribution in [2.24, 2.45) is 0 Å². The first-order valence-corrected chi connectivity index (χ1v) is 12.6. The first-order valence-electron chi connectivity index (χ1n) is 11.8. The quantitative estimate of drug-likeness (QED) is 0.221. The van der Waals surface area contributed by atoms with Crippen LogP contribution in [0.5, 0.6) is 11.5 Å². The van der Waals surface area contributed by atoms with Crippen LogP contribution in [0, 0.1) is 6.92 Å². The lowest BCUT2D eigenvalue weighted by Crippen LogP contribution is -2.54. The van der Waals surface area contributed by atoms with Gasteiger partial charge in [-0.05, 0) is 74.6 Å². The Morgan fingerprint density at radius 2 is 1.68 bits per heavy atom. The third-order valence-electron chi connectivity index (χ3n) is 6.27. The van der Waals surface area contributed by atoms with E-state index >= 15 is 0 Å². The average Bonchev–Trinajstić information content (AvgIpc) is 2.91. The highest BCUT2D eigenvalue weighted by Crippen LogP contribution is 2.38. The van der Waals surface area contributed by atoms with E-state index in [1.807, 2.05) is 42.5 Å². The lowest BCUT2D eigenvalue weighted by atomic mass is 10.0. The number of amides is 4. The van der Waals surface area contributed by atoms with Crippen LogP contribution in [0.4, 0.5) is 10.5 Å². The summed E-state index contributed by atoms with van der Waals surface area (Å²) in [5.41, 5.74) is 2.50. The maximum atomic E-state index is 13.3. The molecule has 4 aromatic rings. The number of hydrogen-bond donors (Lipinski definition) is 1. The molecule has 1 aliphatic rings. The molecule has 8 heteroatoms. The van der Waals surface area contributed by atoms with Crippen molar-refractivity contribution in [1.29, 1.82) is 0 Å². The van der Waals surface area contributed by atoms with Gasteiger partial charge in [0.05, 0.1) is 17.3 Å². The lowest BCUT2D eigenvalue weighted by Gasteiger charge is -2.27. The van der Waals surface area contributed by atoms with Crippen molar-refractivity contribution < 1.29 is 23.9 Å². The van der Waals surface area contributed by atoms with Crippen LogP contribution < -0.4 is 19.7 Å². The molecule has 5 rings (SSSR count). The Kier molecular flexibility index (Phi) is 6.98. The Balaban J connectivity index is 1.45. The standard InChI is InChI=1S/C30H23BrN2O5/c1-18-8-3-6-13-25(18)33-29(35)23(28(34)32-30(33)36)14-19-15-24(31)27(26(16-19)37-2)38-17-21-11-7-10-20-9-4-5-12-22(20)21/h3-16H,17H2,1-2H3,(H,32,34,36)/b23-14-. The third kappa shape index (κ3) is 4.78. The monoisotopic (exact) mass is 570 g/mol. The number of halogens is 1. The summed E-state index contributed by atoms with van der Waals surface area (Å²) in [5, 5.41) is 4.47. The summed E-state index contributed by atoms with van der Waals surface area (Å²) in [6.45, 7) is 2.10. The van der Waals surface area contributed by atoms with E-state index in [1.165, 1.54) is 13.2 Å². The molecule has 190 valence electrons. The van der Waals surface area contributed by atoms with Crippen LogP contribution in [0.25, 0.3) is 16.8 Å². The van der Waals surface area contributed by atoms with Gasteiger partial charge in [0.25, 0.3) is 11.8 Å². The van der Waals surface area contributed by atoms with Gasteiger partial charge < -0.3 is 9.47 Å². The molecule has 1 N–H and O–H groups in total. The van der Waals surface area contributed by atoms with Gasteiger partial charge >= 0.3 is 6.03 Å². The Bertz CT molecular complexity index is 1620. The molecule has 1 saturated heterocycles. The fraction of sp³-hybridized carbons (Fsp3) is 0.100. The van der Waals surface area contributed by atoms with Crippen LogP contribution in [0.1, 0.15) is 16.7 Å². The minimum Gasteiger partial charge on any atom is -0.493 e. The van der Waals surface area contributed by atoms with Crippen molar-refractivity contribution in [3.63, 3.8) is 0 Å². The Morgan fingerprint density at radius 1 is 0.947 bits per heavy atom. The first kappa shape index (κ1) is 25.2. The normalized spacial score (nSPS) is 14.7. The minimum absolute atomic E-state index is 0.175. The zero-order valence-corrected chi connectivity index (χ0v) is 22.2. The number of hydrogen-bond acceptors (Lipinski definition) is 5. The second kappa shape index (κ2) is 10.5. The van der Waals surface area contributed by atoms with Crippen molar-refractivity contribution in [1.82, 2.24) is 5.32 Å². The molecule has 0 radical (unpaired) electrons. The maximum absolute atomic E-state index is 13.3. The van der Waals surface area contributed by atoms with E-state index in [4.69, 9.17) is 9.47 Å². The fourth-order valence-corrected chi connectivity index (χ4v) is 4.96. The number of benzene rings is 4. The first-order chi connectivity index (χ1) is 18.4. The van der Waals surface area contributed by atoms with E-state index in [-0.39, 0.29) is 5.57 Å². The van der Waals surface area contributed by atoms with E-state index in [0.29, 0.717) is 33.8 Å². The second-order valence-electron chi connectivity index (χ2n) is 8.71. The molecule has 0 spiro atoms. The molecule has 0 aliphatic carbocycles. The number of methoxy groups -OCH3 is 1. The number of ether oxygens (including phenoxy) is 2. The molecule has 4 amide bonds. The van der Waals surface area contributed by atoms with Crippen LogP contribution >= 0.6 is 15.9 Å². The number of barbiturate groups is 1. The van der Waals surface area contributed by atoms with Crippen LogP contribution in [0.2, 0.25) is 0 Å². The Morgan fingerprint density at radius 3 is 2.47 bits per heavy atom. The topological polar surface area (TPSA) is 84.9 Å². The number of rotatable bonds is 6. The molecule has 0 saturated carbocycles. The van der Waals surface area contributed by atoms with Crippen molar-refractivity contribution >= 4 is 56.3 Å². The van der Waals surface area contributed by atoms with Crippen LogP contribution in [-0.2, 0) is 16.2 Å². The molecule has 0 unspecified atom stereocenters. The summed E-state index contributed by atoms with van der Waals surface area (Å²) < 4.78 is 12.3. The summed E-state index contributed by atoms with van der Waals surface area (Å²) >= 11 is 3.54. The predicted molar refractivity (Wildman–Crippen MR) is 149 cm³/mol. The van der Waals surface area contributed by atoms with Gasteiger partial charge in [-0.1, -0.05) is 60.7 Å². The minimum atomic E-state index is -0.789. The average molecular weight is 571 g/mol. The highest BCUT2D eigenvalue weighted by molar-refractivity contribution is 9.10. The van der Waals surface area contributed by atoms with E-state index in [1.54, 1.807) is 43.3 Å². The molecule has 7 nitrogen and oxygen atoms in total. The largest absolute Gasteiger partial charge is 0.493 e. The van der Waals surface area contributed by atoms with Gasteiger partial charge in [0.1, 0.15) is 12.2 Å². The molecule has 1 heterocycles. The molecular weight excluding hydrogens is 548 g/mol. The Labute approximate surface area is 227 Å². The van der Waals surface area contributed by atoms with Crippen molar-refractivity contribution in [2.45, 2.75) is 13.5 Å². The second-order valence-corrected chi connectivity index (χ2v) is 9.56. The number of nitrogens with one attached hydrogen (secondary N) is 1. The summed E-state index contributed by atoms with van der Waals surface area (Å²) in [6.07, 6.45) is 1.43. The van der Waals surface area contributed by atoms with E-state index in [9.17, 15) is 14.4 Å². The van der Waals surface area contributed by atoms with Crippen molar-refractivity contribution in [3.8, 4) is 11.5 Å². The molecule has 4 aromatic carbocycles. The zero-order chi connectivity index (χ0) is 26.8. The highest BCUT2D eigenvalue weighted by atomic mass is 79.9. The molecule has 0 atom stereocenters. The molecule has 38 heavy (non-hydrogen) atoms. The number of urea groups is 1. The van der Waals surface area contributed by atoms with Gasteiger partial charge in [-0.25, -0.2) is 9.69 Å². The van der Waals surface area contributed by atoms with Crippen LogP contribution in [-0.4, -0.2) is 25.0 Å². The van der Waals surface area contributed by atoms with Gasteiger partial charge in [-0.2, -0.15) is 0 Å². The molecule has 0 aromatic heterocycles. The van der Waals surface area contributed by atoms with Gasteiger partial charge in [-0.3, -0.25) is 14.9 Å². The number of para-hydroxylation sites is 1. The number of anilines is 1. The number of fused-ring (bicyclic) bond motifs is 1. The SMILES string of the molecule is COc1cc(/C=C2/C(=O)NC(=O)N(c3ccccc3C)C2=O)cc(Br)c1OCc1cccc2ccccc12. The highest BCUT2D eigenvalue weighted by Gasteiger charge is 2.37. The van der Waals surface area contributed by atoms with Crippen LogP contribution in [0.15, 0.2) is 88.9 Å². The number of imide groups is 2. The van der Waals surface area contributed by atoms with E-state index < -0.39 is 17.8 Å². The number of carbonyl (C=O) groups excluding carboxylic acids is 3. The molecule has 1 aliphatic heterocycles. The molecule has 0 bridgehead atoms.